The van der Waals surface area contributed by atoms with Gasteiger partial charge in [-0.3, -0.25) is 0 Å². The van der Waals surface area contributed by atoms with Gasteiger partial charge in [0.25, 0.3) is 0 Å². The quantitative estimate of drug-likeness (QED) is 0.779. The zero-order valence-corrected chi connectivity index (χ0v) is 12.6. The van der Waals surface area contributed by atoms with Crippen molar-refractivity contribution in [2.24, 2.45) is 5.73 Å². The molecule has 1 atom stereocenters. The number of halogens is 7. The van der Waals surface area contributed by atoms with Gasteiger partial charge in [0, 0.05) is 11.6 Å². The predicted octanol–water partition coefficient (Wildman–Crippen LogP) is 4.95. The first kappa shape index (κ1) is 20.9. The summed E-state index contributed by atoms with van der Waals surface area (Å²) in [7, 11) is 1.01. The maximum atomic E-state index is 13.1. The third-order valence-corrected chi connectivity index (χ3v) is 2.97. The minimum atomic E-state index is -4.95. The molecule has 0 aliphatic carbocycles. The molecule has 0 heterocycles. The Morgan fingerprint density at radius 3 is 2.00 bits per heavy atom. The minimum Gasteiger partial charge on any atom is -0.496 e. The Morgan fingerprint density at radius 1 is 1.09 bits per heavy atom. The second-order valence-corrected chi connectivity index (χ2v) is 4.53. The van der Waals surface area contributed by atoms with Crippen LogP contribution in [0, 0.1) is 0 Å². The fourth-order valence-electron chi connectivity index (χ4n) is 2.03. The summed E-state index contributed by atoms with van der Waals surface area (Å²) in [6, 6.07) is -0.433. The third-order valence-electron chi connectivity index (χ3n) is 2.97. The molecule has 0 saturated heterocycles. The van der Waals surface area contributed by atoms with Gasteiger partial charge in [-0.05, 0) is 18.6 Å². The molecule has 0 aliphatic rings. The first-order valence-electron chi connectivity index (χ1n) is 6.14. The smallest absolute Gasteiger partial charge is 0.416 e. The zero-order valence-electron chi connectivity index (χ0n) is 11.8. The number of methoxy groups -OCH3 is 1. The van der Waals surface area contributed by atoms with Gasteiger partial charge in [0.2, 0.25) is 0 Å². The van der Waals surface area contributed by atoms with Gasteiger partial charge < -0.3 is 10.5 Å². The van der Waals surface area contributed by atoms with Crippen LogP contribution in [0.4, 0.5) is 26.3 Å². The lowest BCUT2D eigenvalue weighted by molar-refractivity contribution is -0.143. The number of hydrogen-bond donors (Lipinski definition) is 1. The summed E-state index contributed by atoms with van der Waals surface area (Å²) in [4.78, 5) is 0. The Bertz CT molecular complexity index is 501. The molecule has 1 aromatic rings. The van der Waals surface area contributed by atoms with E-state index >= 15 is 0 Å². The number of alkyl halides is 6. The summed E-state index contributed by atoms with van der Waals surface area (Å²) in [6.07, 6.45) is -9.16. The fraction of sp³-hybridized carbons (Fsp3) is 0.538. The van der Waals surface area contributed by atoms with Crippen molar-refractivity contribution in [2.45, 2.75) is 38.2 Å². The molecule has 128 valence electrons. The van der Waals surface area contributed by atoms with Crippen LogP contribution in [0.5, 0.6) is 5.75 Å². The standard InChI is InChI=1S/C13H15F6NO.ClH/c1-3-4-9(20)11-8(13(17,18)19)5-7(12(14,15)16)6-10(11)21-2;/h5-6,9H,3-4,20H2,1-2H3;1H/t9-;/m0./s1. The van der Waals surface area contributed by atoms with Crippen LogP contribution in [-0.4, -0.2) is 7.11 Å². The van der Waals surface area contributed by atoms with E-state index < -0.39 is 40.8 Å². The van der Waals surface area contributed by atoms with E-state index in [1.54, 1.807) is 6.92 Å². The Hall–Kier alpha value is -1.15. The van der Waals surface area contributed by atoms with E-state index in [0.717, 1.165) is 7.11 Å². The van der Waals surface area contributed by atoms with Crippen LogP contribution in [-0.2, 0) is 12.4 Å². The fourth-order valence-corrected chi connectivity index (χ4v) is 2.03. The van der Waals surface area contributed by atoms with Gasteiger partial charge in [0.15, 0.2) is 0 Å². The molecule has 9 heteroatoms. The Labute approximate surface area is 130 Å². The number of ether oxygens (including phenoxy) is 1. The number of hydrogen-bond acceptors (Lipinski definition) is 2. The van der Waals surface area contributed by atoms with Crippen LogP contribution < -0.4 is 10.5 Å². The highest BCUT2D eigenvalue weighted by molar-refractivity contribution is 5.85. The molecular weight excluding hydrogens is 336 g/mol. The van der Waals surface area contributed by atoms with E-state index in [1.807, 2.05) is 0 Å². The molecule has 0 bridgehead atoms. The van der Waals surface area contributed by atoms with Gasteiger partial charge >= 0.3 is 12.4 Å². The number of nitrogens with two attached hydrogens (primary N) is 1. The first-order chi connectivity index (χ1) is 9.52. The van der Waals surface area contributed by atoms with Crippen LogP contribution in [0.2, 0.25) is 0 Å². The van der Waals surface area contributed by atoms with E-state index in [0.29, 0.717) is 12.5 Å². The summed E-state index contributed by atoms with van der Waals surface area (Å²) in [5.74, 6) is -0.502. The SMILES string of the molecule is CCC[C@H](N)c1c(OC)cc(C(F)(F)F)cc1C(F)(F)F.Cl. The lowest BCUT2D eigenvalue weighted by atomic mass is 9.94. The number of rotatable bonds is 4. The average Bonchev–Trinajstić information content (AvgIpc) is 2.35. The van der Waals surface area contributed by atoms with E-state index in [2.05, 4.69) is 0 Å². The van der Waals surface area contributed by atoms with Crippen molar-refractivity contribution in [3.05, 3.63) is 28.8 Å². The molecule has 22 heavy (non-hydrogen) atoms. The average molecular weight is 352 g/mol. The summed E-state index contributed by atoms with van der Waals surface area (Å²) in [5, 5.41) is 0. The zero-order chi connectivity index (χ0) is 16.4. The molecule has 0 aliphatic heterocycles. The second-order valence-electron chi connectivity index (χ2n) is 4.53. The third kappa shape index (κ3) is 4.67. The molecule has 1 aromatic carbocycles. The van der Waals surface area contributed by atoms with Gasteiger partial charge in [-0.25, -0.2) is 0 Å². The molecule has 0 amide bonds. The van der Waals surface area contributed by atoms with Crippen molar-refractivity contribution in [3.8, 4) is 5.75 Å². The normalized spacial score (nSPS) is 13.5. The molecule has 0 spiro atoms. The van der Waals surface area contributed by atoms with Crippen LogP contribution in [0.15, 0.2) is 12.1 Å². The van der Waals surface area contributed by atoms with Crippen LogP contribution in [0.1, 0.15) is 42.5 Å². The lowest BCUT2D eigenvalue weighted by Gasteiger charge is -2.22. The maximum Gasteiger partial charge on any atom is 0.416 e. The van der Waals surface area contributed by atoms with E-state index in [1.165, 1.54) is 0 Å². The van der Waals surface area contributed by atoms with Crippen LogP contribution in [0.3, 0.4) is 0 Å². The highest BCUT2D eigenvalue weighted by Gasteiger charge is 2.40. The van der Waals surface area contributed by atoms with E-state index in [4.69, 9.17) is 10.5 Å². The molecule has 2 N–H and O–H groups in total. The van der Waals surface area contributed by atoms with Crippen molar-refractivity contribution in [3.63, 3.8) is 0 Å². The van der Waals surface area contributed by atoms with E-state index in [-0.39, 0.29) is 24.9 Å². The topological polar surface area (TPSA) is 35.2 Å². The molecule has 0 fully saturated rings. The summed E-state index contributed by atoms with van der Waals surface area (Å²) < 4.78 is 82.0. The molecule has 0 unspecified atom stereocenters. The summed E-state index contributed by atoms with van der Waals surface area (Å²) >= 11 is 0. The van der Waals surface area contributed by atoms with Crippen molar-refractivity contribution < 1.29 is 31.1 Å². The Kier molecular flexibility index (Phi) is 7.02. The maximum absolute atomic E-state index is 13.1. The molecule has 0 radical (unpaired) electrons. The van der Waals surface area contributed by atoms with Gasteiger partial charge in [-0.15, -0.1) is 12.4 Å². The van der Waals surface area contributed by atoms with Crippen LogP contribution >= 0.6 is 12.4 Å². The molecule has 2 nitrogen and oxygen atoms in total. The van der Waals surface area contributed by atoms with Crippen LogP contribution in [0.25, 0.3) is 0 Å². The highest BCUT2D eigenvalue weighted by Crippen LogP contribution is 2.43. The van der Waals surface area contributed by atoms with Crippen molar-refractivity contribution in [2.75, 3.05) is 7.11 Å². The second kappa shape index (κ2) is 7.41. The predicted molar refractivity (Wildman–Crippen MR) is 72.1 cm³/mol. The van der Waals surface area contributed by atoms with Gasteiger partial charge in [0.05, 0.1) is 18.2 Å². The molecular formula is C13H16ClF6NO. The largest absolute Gasteiger partial charge is 0.496 e. The number of benzene rings is 1. The molecule has 0 saturated carbocycles. The van der Waals surface area contributed by atoms with Gasteiger partial charge in [0.1, 0.15) is 5.75 Å². The van der Waals surface area contributed by atoms with Crippen molar-refractivity contribution in [1.82, 2.24) is 0 Å². The minimum absolute atomic E-state index is 0. The van der Waals surface area contributed by atoms with Gasteiger partial charge in [-0.1, -0.05) is 13.3 Å². The Balaban J connectivity index is 0.00000441. The van der Waals surface area contributed by atoms with Gasteiger partial charge in [-0.2, -0.15) is 26.3 Å². The Morgan fingerprint density at radius 2 is 1.64 bits per heavy atom. The lowest BCUT2D eigenvalue weighted by Crippen LogP contribution is -2.20. The molecule has 1 rings (SSSR count). The summed E-state index contributed by atoms with van der Waals surface area (Å²) in [6.45, 7) is 1.71. The monoisotopic (exact) mass is 351 g/mol. The first-order valence-corrected chi connectivity index (χ1v) is 6.14. The van der Waals surface area contributed by atoms with Crippen molar-refractivity contribution >= 4 is 12.4 Å². The summed E-state index contributed by atoms with van der Waals surface area (Å²) in [5.41, 5.74) is 2.41. The van der Waals surface area contributed by atoms with Crippen molar-refractivity contribution in [1.29, 1.82) is 0 Å². The highest BCUT2D eigenvalue weighted by atomic mass is 35.5. The van der Waals surface area contributed by atoms with E-state index in [9.17, 15) is 26.3 Å². The molecule has 0 aromatic heterocycles.